The second kappa shape index (κ2) is 8.52. The summed E-state index contributed by atoms with van der Waals surface area (Å²) in [6, 6.07) is 7.93. The summed E-state index contributed by atoms with van der Waals surface area (Å²) in [4.78, 5) is 11.4. The number of carbonyl (C=O) groups excluding carboxylic acids is 1. The number of para-hydroxylation sites is 1. The van der Waals surface area contributed by atoms with E-state index in [9.17, 15) is 4.79 Å². The molecule has 21 heavy (non-hydrogen) atoms. The van der Waals surface area contributed by atoms with Crippen LogP contribution in [0.25, 0.3) is 0 Å². The summed E-state index contributed by atoms with van der Waals surface area (Å²) in [5.41, 5.74) is 0.659. The Hall–Kier alpha value is -1.75. The molecule has 0 heterocycles. The van der Waals surface area contributed by atoms with E-state index in [0.29, 0.717) is 13.2 Å². The summed E-state index contributed by atoms with van der Waals surface area (Å²) in [6.07, 6.45) is 0.339. The zero-order valence-corrected chi connectivity index (χ0v) is 13.4. The van der Waals surface area contributed by atoms with E-state index in [4.69, 9.17) is 9.47 Å². The van der Waals surface area contributed by atoms with E-state index in [1.54, 1.807) is 0 Å². The van der Waals surface area contributed by atoms with Crippen molar-refractivity contribution < 1.29 is 14.3 Å². The fourth-order valence-corrected chi connectivity index (χ4v) is 1.74. The van der Waals surface area contributed by atoms with Crippen molar-refractivity contribution in [2.45, 2.75) is 39.3 Å². The average molecular weight is 294 g/mol. The molecule has 0 aliphatic carbocycles. The Balaban J connectivity index is 2.24. The highest BCUT2D eigenvalue weighted by Crippen LogP contribution is 2.17. The second-order valence-electron chi connectivity index (χ2n) is 5.77. The fraction of sp³-hybridized carbons (Fsp3) is 0.562. The highest BCUT2D eigenvalue weighted by molar-refractivity contribution is 5.67. The van der Waals surface area contributed by atoms with E-state index in [1.165, 1.54) is 0 Å². The van der Waals surface area contributed by atoms with Crippen molar-refractivity contribution in [3.8, 4) is 5.75 Å². The molecule has 0 unspecified atom stereocenters. The van der Waals surface area contributed by atoms with Crippen molar-refractivity contribution in [2.75, 3.05) is 20.2 Å². The normalized spacial score (nSPS) is 11.0. The lowest BCUT2D eigenvalue weighted by atomic mass is 10.2. The lowest BCUT2D eigenvalue weighted by Crippen LogP contribution is -2.33. The van der Waals surface area contributed by atoms with Crippen LogP contribution in [0.4, 0.5) is 4.79 Å². The van der Waals surface area contributed by atoms with Gasteiger partial charge < -0.3 is 20.1 Å². The predicted molar refractivity (Wildman–Crippen MR) is 83.6 cm³/mol. The molecule has 118 valence electrons. The molecule has 0 radical (unpaired) electrons. The minimum absolute atomic E-state index is 0.391. The van der Waals surface area contributed by atoms with Crippen molar-refractivity contribution in [2.24, 2.45) is 0 Å². The Morgan fingerprint density at radius 1 is 1.24 bits per heavy atom. The molecule has 0 saturated carbocycles. The maximum absolute atomic E-state index is 11.4. The maximum Gasteiger partial charge on any atom is 0.407 e. The summed E-state index contributed by atoms with van der Waals surface area (Å²) in [5.74, 6) is 0.879. The Bertz CT molecular complexity index is 441. The van der Waals surface area contributed by atoms with Gasteiger partial charge >= 0.3 is 6.09 Å². The maximum atomic E-state index is 11.4. The van der Waals surface area contributed by atoms with Gasteiger partial charge in [-0.15, -0.1) is 0 Å². The van der Waals surface area contributed by atoms with Crippen LogP contribution in [0.2, 0.25) is 0 Å². The van der Waals surface area contributed by atoms with E-state index in [-0.39, 0.29) is 0 Å². The minimum Gasteiger partial charge on any atom is -0.493 e. The number of rotatable bonds is 7. The molecule has 0 spiro atoms. The zero-order valence-electron chi connectivity index (χ0n) is 13.4. The number of ether oxygens (including phenoxy) is 2. The molecule has 0 atom stereocenters. The van der Waals surface area contributed by atoms with Crippen molar-refractivity contribution in [1.29, 1.82) is 0 Å². The van der Waals surface area contributed by atoms with Crippen LogP contribution < -0.4 is 15.4 Å². The van der Waals surface area contributed by atoms with Gasteiger partial charge in [0.25, 0.3) is 0 Å². The Morgan fingerprint density at radius 2 is 1.95 bits per heavy atom. The van der Waals surface area contributed by atoms with Crippen molar-refractivity contribution in [3.05, 3.63) is 29.8 Å². The third-order valence-electron chi connectivity index (χ3n) is 2.59. The molecular formula is C16H26N2O3. The van der Waals surface area contributed by atoms with Gasteiger partial charge in [-0.3, -0.25) is 0 Å². The molecule has 5 nitrogen and oxygen atoms in total. The molecule has 0 aromatic heterocycles. The van der Waals surface area contributed by atoms with Crippen LogP contribution in [0.1, 0.15) is 32.8 Å². The van der Waals surface area contributed by atoms with E-state index >= 15 is 0 Å². The van der Waals surface area contributed by atoms with Crippen LogP contribution >= 0.6 is 0 Å². The van der Waals surface area contributed by atoms with Crippen LogP contribution in [-0.4, -0.2) is 31.9 Å². The molecule has 2 N–H and O–H groups in total. The van der Waals surface area contributed by atoms with Crippen LogP contribution in [0.3, 0.4) is 0 Å². The molecule has 1 aromatic rings. The molecule has 1 aromatic carbocycles. The van der Waals surface area contributed by atoms with Crippen LogP contribution in [0.5, 0.6) is 5.75 Å². The summed E-state index contributed by atoms with van der Waals surface area (Å²) >= 11 is 0. The number of hydrogen-bond donors (Lipinski definition) is 2. The fourth-order valence-electron chi connectivity index (χ4n) is 1.74. The zero-order chi connectivity index (χ0) is 15.7. The molecule has 0 fully saturated rings. The molecular weight excluding hydrogens is 268 g/mol. The van der Waals surface area contributed by atoms with Gasteiger partial charge in [0.1, 0.15) is 11.4 Å². The van der Waals surface area contributed by atoms with Crippen LogP contribution in [0, 0.1) is 0 Å². The molecule has 1 rings (SSSR count). The van der Waals surface area contributed by atoms with Crippen LogP contribution in [0.15, 0.2) is 24.3 Å². The van der Waals surface area contributed by atoms with Gasteiger partial charge in [0, 0.05) is 18.7 Å². The third kappa shape index (κ3) is 7.56. The monoisotopic (exact) mass is 294 g/mol. The first-order chi connectivity index (χ1) is 9.92. The molecule has 0 saturated heterocycles. The molecule has 0 bridgehead atoms. The van der Waals surface area contributed by atoms with E-state index in [2.05, 4.69) is 10.6 Å². The van der Waals surface area contributed by atoms with Crippen LogP contribution in [-0.2, 0) is 11.3 Å². The summed E-state index contributed by atoms with van der Waals surface area (Å²) < 4.78 is 10.9. The van der Waals surface area contributed by atoms with Gasteiger partial charge in [0.15, 0.2) is 0 Å². The van der Waals surface area contributed by atoms with Crippen molar-refractivity contribution >= 4 is 6.09 Å². The number of nitrogens with one attached hydrogen (secondary N) is 2. The van der Waals surface area contributed by atoms with Crippen molar-refractivity contribution in [1.82, 2.24) is 10.6 Å². The Labute approximate surface area is 127 Å². The Morgan fingerprint density at radius 3 is 2.62 bits per heavy atom. The minimum atomic E-state index is -0.466. The lowest BCUT2D eigenvalue weighted by Gasteiger charge is -2.19. The molecule has 0 aliphatic heterocycles. The number of amides is 1. The number of alkyl carbamates (subject to hydrolysis) is 1. The first kappa shape index (κ1) is 17.3. The number of carbonyl (C=O) groups is 1. The smallest absolute Gasteiger partial charge is 0.407 e. The largest absolute Gasteiger partial charge is 0.493 e. The van der Waals surface area contributed by atoms with Gasteiger partial charge in [-0.2, -0.15) is 0 Å². The quantitative estimate of drug-likeness (QED) is 0.759. The molecule has 0 aliphatic rings. The first-order valence-electron chi connectivity index (χ1n) is 7.24. The predicted octanol–water partition coefficient (Wildman–Crippen LogP) is 2.70. The molecule has 1 amide bonds. The summed E-state index contributed by atoms with van der Waals surface area (Å²) in [6.45, 7) is 7.38. The standard InChI is InChI=1S/C16H26N2O3/c1-16(2,3)21-15(19)18-10-7-11-20-14-9-6-5-8-13(14)12-17-4/h5-6,8-9,17H,7,10-12H2,1-4H3,(H,18,19). The third-order valence-corrected chi connectivity index (χ3v) is 2.59. The van der Waals surface area contributed by atoms with E-state index in [1.807, 2.05) is 52.1 Å². The van der Waals surface area contributed by atoms with Gasteiger partial charge in [0.2, 0.25) is 0 Å². The number of hydrogen-bond acceptors (Lipinski definition) is 4. The van der Waals surface area contributed by atoms with E-state index in [0.717, 1.165) is 24.3 Å². The van der Waals surface area contributed by atoms with Gasteiger partial charge in [-0.1, -0.05) is 18.2 Å². The van der Waals surface area contributed by atoms with Crippen molar-refractivity contribution in [3.63, 3.8) is 0 Å². The molecule has 5 heteroatoms. The Kier molecular flexibility index (Phi) is 7.02. The first-order valence-corrected chi connectivity index (χ1v) is 7.24. The average Bonchev–Trinajstić information content (AvgIpc) is 2.38. The lowest BCUT2D eigenvalue weighted by molar-refractivity contribution is 0.0525. The highest BCUT2D eigenvalue weighted by Gasteiger charge is 2.15. The number of benzene rings is 1. The topological polar surface area (TPSA) is 59.6 Å². The summed E-state index contributed by atoms with van der Waals surface area (Å²) in [5, 5.41) is 5.82. The van der Waals surface area contributed by atoms with E-state index < -0.39 is 11.7 Å². The second-order valence-corrected chi connectivity index (χ2v) is 5.77. The van der Waals surface area contributed by atoms with Gasteiger partial charge in [0.05, 0.1) is 6.61 Å². The van der Waals surface area contributed by atoms with Gasteiger partial charge in [-0.25, -0.2) is 4.79 Å². The van der Waals surface area contributed by atoms with Gasteiger partial charge in [-0.05, 0) is 40.3 Å². The summed E-state index contributed by atoms with van der Waals surface area (Å²) in [7, 11) is 1.90. The SMILES string of the molecule is CNCc1ccccc1OCCCNC(=O)OC(C)(C)C. The highest BCUT2D eigenvalue weighted by atomic mass is 16.6.